The molecule has 1 aliphatic rings. The first kappa shape index (κ1) is 15.4. The fraction of sp³-hybridized carbons (Fsp3) is 0.412. The highest BCUT2D eigenvalue weighted by Crippen LogP contribution is 2.22. The Hall–Kier alpha value is -2.50. The second kappa shape index (κ2) is 6.32. The van der Waals surface area contributed by atoms with Gasteiger partial charge in [-0.2, -0.15) is 0 Å². The van der Waals surface area contributed by atoms with Crippen LogP contribution in [0.1, 0.15) is 23.8 Å². The van der Waals surface area contributed by atoms with Crippen molar-refractivity contribution in [1.82, 2.24) is 14.8 Å². The standard InChI is InChI=1S/C17H21N3O3/c1-3-23-13-6-5-12-9-15(18-14(12)10-13)17(22)20-8-4-7-19(2)16(21)11-20/h5-6,9-10,18H,3-4,7-8,11H2,1-2H3. The van der Waals surface area contributed by atoms with Crippen molar-refractivity contribution in [2.24, 2.45) is 0 Å². The first-order valence-electron chi connectivity index (χ1n) is 7.87. The zero-order valence-corrected chi connectivity index (χ0v) is 13.5. The van der Waals surface area contributed by atoms with Crippen LogP contribution in [0.25, 0.3) is 10.9 Å². The first-order valence-corrected chi connectivity index (χ1v) is 7.87. The third-order valence-corrected chi connectivity index (χ3v) is 4.10. The lowest BCUT2D eigenvalue weighted by atomic mass is 10.2. The number of fused-ring (bicyclic) bond motifs is 1. The van der Waals surface area contributed by atoms with Gasteiger partial charge in [-0.25, -0.2) is 0 Å². The Morgan fingerprint density at radius 1 is 1.30 bits per heavy atom. The maximum atomic E-state index is 12.7. The Bertz CT molecular complexity index is 738. The number of nitrogens with zero attached hydrogens (tertiary/aromatic N) is 2. The van der Waals surface area contributed by atoms with Gasteiger partial charge in [-0.3, -0.25) is 9.59 Å². The molecule has 0 bridgehead atoms. The molecule has 23 heavy (non-hydrogen) atoms. The normalized spacial score (nSPS) is 15.8. The maximum absolute atomic E-state index is 12.7. The number of nitrogens with one attached hydrogen (secondary N) is 1. The number of carbonyl (C=O) groups excluding carboxylic acids is 2. The van der Waals surface area contributed by atoms with Gasteiger partial charge in [-0.05, 0) is 31.5 Å². The summed E-state index contributed by atoms with van der Waals surface area (Å²) in [4.78, 5) is 31.1. The van der Waals surface area contributed by atoms with Gasteiger partial charge in [0.2, 0.25) is 5.91 Å². The molecule has 2 aromatic rings. The van der Waals surface area contributed by atoms with Crippen LogP contribution in [0, 0.1) is 0 Å². The molecule has 2 amide bonds. The van der Waals surface area contributed by atoms with Crippen molar-refractivity contribution in [2.75, 3.05) is 33.3 Å². The Morgan fingerprint density at radius 2 is 2.13 bits per heavy atom. The third-order valence-electron chi connectivity index (χ3n) is 4.10. The van der Waals surface area contributed by atoms with E-state index in [2.05, 4.69) is 4.98 Å². The van der Waals surface area contributed by atoms with E-state index in [9.17, 15) is 9.59 Å². The lowest BCUT2D eigenvalue weighted by Gasteiger charge is -2.18. The van der Waals surface area contributed by atoms with Crippen LogP contribution in [-0.2, 0) is 4.79 Å². The van der Waals surface area contributed by atoms with Crippen LogP contribution >= 0.6 is 0 Å². The Kier molecular flexibility index (Phi) is 4.23. The van der Waals surface area contributed by atoms with Crippen molar-refractivity contribution < 1.29 is 14.3 Å². The first-order chi connectivity index (χ1) is 11.1. The number of rotatable bonds is 3. The van der Waals surface area contributed by atoms with E-state index in [1.165, 1.54) is 0 Å². The van der Waals surface area contributed by atoms with Crippen LogP contribution in [0.15, 0.2) is 24.3 Å². The molecule has 6 nitrogen and oxygen atoms in total. The van der Waals surface area contributed by atoms with E-state index in [4.69, 9.17) is 4.74 Å². The van der Waals surface area contributed by atoms with Gasteiger partial charge < -0.3 is 19.5 Å². The van der Waals surface area contributed by atoms with Gasteiger partial charge in [0.15, 0.2) is 0 Å². The molecule has 1 aliphatic heterocycles. The van der Waals surface area contributed by atoms with Crippen LogP contribution in [0.2, 0.25) is 0 Å². The average Bonchev–Trinajstić information content (AvgIpc) is 2.88. The quantitative estimate of drug-likeness (QED) is 0.940. The number of benzene rings is 1. The third kappa shape index (κ3) is 3.16. The van der Waals surface area contributed by atoms with Gasteiger partial charge in [-0.15, -0.1) is 0 Å². The molecule has 0 saturated carbocycles. The number of aromatic nitrogens is 1. The number of H-pyrrole nitrogens is 1. The average molecular weight is 315 g/mol. The van der Waals surface area contributed by atoms with Crippen molar-refractivity contribution in [1.29, 1.82) is 0 Å². The summed E-state index contributed by atoms with van der Waals surface area (Å²) in [5, 5.41) is 0.954. The minimum Gasteiger partial charge on any atom is -0.494 e. The van der Waals surface area contributed by atoms with Gasteiger partial charge in [0, 0.05) is 37.1 Å². The zero-order valence-electron chi connectivity index (χ0n) is 13.5. The minimum atomic E-state index is -0.136. The summed E-state index contributed by atoms with van der Waals surface area (Å²) in [5.41, 5.74) is 1.36. The van der Waals surface area contributed by atoms with E-state index >= 15 is 0 Å². The van der Waals surface area contributed by atoms with E-state index in [1.807, 2.05) is 31.2 Å². The number of hydrogen-bond acceptors (Lipinski definition) is 3. The number of amides is 2. The zero-order chi connectivity index (χ0) is 16.4. The second-order valence-electron chi connectivity index (χ2n) is 5.76. The molecule has 1 aromatic carbocycles. The molecule has 6 heteroatoms. The molecule has 1 aromatic heterocycles. The van der Waals surface area contributed by atoms with Crippen molar-refractivity contribution in [3.63, 3.8) is 0 Å². The highest BCUT2D eigenvalue weighted by atomic mass is 16.5. The molecule has 1 saturated heterocycles. The van der Waals surface area contributed by atoms with Crippen LogP contribution < -0.4 is 4.74 Å². The molecule has 0 atom stereocenters. The van der Waals surface area contributed by atoms with Crippen LogP contribution in [-0.4, -0.2) is 59.9 Å². The summed E-state index contributed by atoms with van der Waals surface area (Å²) in [7, 11) is 1.77. The van der Waals surface area contributed by atoms with Crippen LogP contribution in [0.4, 0.5) is 0 Å². The number of aromatic amines is 1. The predicted octanol–water partition coefficient (Wildman–Crippen LogP) is 1.87. The molecule has 1 fully saturated rings. The number of ether oxygens (including phenoxy) is 1. The number of hydrogen-bond donors (Lipinski definition) is 1. The number of likely N-dealkylation sites (N-methyl/N-ethyl adjacent to an activating group) is 1. The van der Waals surface area contributed by atoms with Crippen LogP contribution in [0.5, 0.6) is 5.75 Å². The van der Waals surface area contributed by atoms with Gasteiger partial charge >= 0.3 is 0 Å². The fourth-order valence-corrected chi connectivity index (χ4v) is 2.81. The number of carbonyl (C=O) groups is 2. The van der Waals surface area contributed by atoms with Gasteiger partial charge in [0.25, 0.3) is 5.91 Å². The lowest BCUT2D eigenvalue weighted by Crippen LogP contribution is -2.38. The van der Waals surface area contributed by atoms with Crippen molar-refractivity contribution in [3.05, 3.63) is 30.0 Å². The molecule has 0 aliphatic carbocycles. The lowest BCUT2D eigenvalue weighted by molar-refractivity contribution is -0.129. The SMILES string of the molecule is CCOc1ccc2cc(C(=O)N3CCCN(C)C(=O)C3)[nH]c2c1. The van der Waals surface area contributed by atoms with E-state index in [0.717, 1.165) is 23.1 Å². The molecule has 122 valence electrons. The Balaban J connectivity index is 1.84. The summed E-state index contributed by atoms with van der Waals surface area (Å²) in [5.74, 6) is 0.612. The molecule has 0 spiro atoms. The van der Waals surface area contributed by atoms with Crippen molar-refractivity contribution >= 4 is 22.7 Å². The fourth-order valence-electron chi connectivity index (χ4n) is 2.81. The minimum absolute atomic E-state index is 0.0226. The van der Waals surface area contributed by atoms with Gasteiger partial charge in [-0.1, -0.05) is 0 Å². The molecular formula is C17H21N3O3. The second-order valence-corrected chi connectivity index (χ2v) is 5.76. The summed E-state index contributed by atoms with van der Waals surface area (Å²) >= 11 is 0. The summed E-state index contributed by atoms with van der Waals surface area (Å²) in [6, 6.07) is 7.52. The molecule has 3 rings (SSSR count). The highest BCUT2D eigenvalue weighted by molar-refractivity contribution is 5.99. The van der Waals surface area contributed by atoms with E-state index < -0.39 is 0 Å². The predicted molar refractivity (Wildman–Crippen MR) is 87.6 cm³/mol. The molecule has 1 N–H and O–H groups in total. The van der Waals surface area contributed by atoms with Gasteiger partial charge in [0.05, 0.1) is 6.61 Å². The Morgan fingerprint density at radius 3 is 2.91 bits per heavy atom. The smallest absolute Gasteiger partial charge is 0.270 e. The summed E-state index contributed by atoms with van der Waals surface area (Å²) in [6.45, 7) is 3.94. The largest absolute Gasteiger partial charge is 0.494 e. The van der Waals surface area contributed by atoms with Crippen molar-refractivity contribution in [2.45, 2.75) is 13.3 Å². The monoisotopic (exact) mass is 315 g/mol. The van der Waals surface area contributed by atoms with Crippen LogP contribution in [0.3, 0.4) is 0 Å². The highest BCUT2D eigenvalue weighted by Gasteiger charge is 2.24. The molecule has 2 heterocycles. The summed E-state index contributed by atoms with van der Waals surface area (Å²) < 4.78 is 5.48. The van der Waals surface area contributed by atoms with E-state index in [0.29, 0.717) is 25.4 Å². The topological polar surface area (TPSA) is 65.6 Å². The molecule has 0 radical (unpaired) electrons. The Labute approximate surface area is 135 Å². The molecule has 0 unspecified atom stereocenters. The van der Waals surface area contributed by atoms with E-state index in [1.54, 1.807) is 16.8 Å². The molecular weight excluding hydrogens is 294 g/mol. The van der Waals surface area contributed by atoms with Crippen molar-refractivity contribution in [3.8, 4) is 5.75 Å². The van der Waals surface area contributed by atoms with Gasteiger partial charge in [0.1, 0.15) is 18.0 Å². The van der Waals surface area contributed by atoms with E-state index in [-0.39, 0.29) is 18.4 Å². The summed E-state index contributed by atoms with van der Waals surface area (Å²) in [6.07, 6.45) is 0.794. The maximum Gasteiger partial charge on any atom is 0.270 e.